The molecule has 0 saturated heterocycles. The summed E-state index contributed by atoms with van der Waals surface area (Å²) < 4.78 is 5.17. The summed E-state index contributed by atoms with van der Waals surface area (Å²) in [5, 5.41) is 0. The summed E-state index contributed by atoms with van der Waals surface area (Å²) in [6.45, 7) is 3.52. The molecule has 0 fully saturated rings. The van der Waals surface area contributed by atoms with Crippen LogP contribution >= 0.6 is 0 Å². The predicted octanol–water partition coefficient (Wildman–Crippen LogP) is 1.90. The molecular formula is C13H19NO2. The highest BCUT2D eigenvalue weighted by Crippen LogP contribution is 2.07. The van der Waals surface area contributed by atoms with Crippen molar-refractivity contribution in [2.45, 2.75) is 38.8 Å². The van der Waals surface area contributed by atoms with Crippen LogP contribution in [0.5, 0.6) is 0 Å². The molecule has 0 radical (unpaired) electrons. The third kappa shape index (κ3) is 4.45. The lowest BCUT2D eigenvalue weighted by Gasteiger charge is -2.14. The van der Waals surface area contributed by atoms with Crippen LogP contribution in [0.4, 0.5) is 0 Å². The summed E-state index contributed by atoms with van der Waals surface area (Å²) in [6.07, 6.45) is 1.65. The second kappa shape index (κ2) is 6.28. The lowest BCUT2D eigenvalue weighted by molar-refractivity contribution is -0.149. The van der Waals surface area contributed by atoms with Crippen LogP contribution < -0.4 is 5.73 Å². The Morgan fingerprint density at radius 3 is 2.50 bits per heavy atom. The van der Waals surface area contributed by atoms with E-state index in [1.807, 2.05) is 25.1 Å². The minimum absolute atomic E-state index is 0.0845. The van der Waals surface area contributed by atoms with Gasteiger partial charge < -0.3 is 10.5 Å². The number of esters is 1. The highest BCUT2D eigenvalue weighted by atomic mass is 16.5. The van der Waals surface area contributed by atoms with Crippen molar-refractivity contribution >= 4 is 5.97 Å². The van der Waals surface area contributed by atoms with Crippen LogP contribution in [0.2, 0.25) is 0 Å². The Kier molecular flexibility index (Phi) is 4.99. The molecule has 0 amide bonds. The smallest absolute Gasteiger partial charge is 0.322 e. The van der Waals surface area contributed by atoms with Gasteiger partial charge >= 0.3 is 5.97 Å². The van der Waals surface area contributed by atoms with Gasteiger partial charge in [-0.2, -0.15) is 0 Å². The lowest BCUT2D eigenvalue weighted by atomic mass is 10.1. The molecule has 0 spiro atoms. The first-order valence-electron chi connectivity index (χ1n) is 5.59. The molecule has 0 bridgehead atoms. The highest BCUT2D eigenvalue weighted by molar-refractivity contribution is 5.75. The fraction of sp³-hybridized carbons (Fsp3) is 0.462. The van der Waals surface area contributed by atoms with Crippen LogP contribution in [-0.4, -0.2) is 18.1 Å². The summed E-state index contributed by atoms with van der Waals surface area (Å²) in [7, 11) is 0. The molecule has 0 heterocycles. The number of aryl methyl sites for hydroxylation is 1. The van der Waals surface area contributed by atoms with E-state index < -0.39 is 6.04 Å². The minimum atomic E-state index is -0.542. The van der Waals surface area contributed by atoms with Crippen molar-refractivity contribution in [1.29, 1.82) is 0 Å². The fourth-order valence-corrected chi connectivity index (χ4v) is 1.38. The van der Waals surface area contributed by atoms with Crippen LogP contribution in [0.25, 0.3) is 0 Å². The largest absolute Gasteiger partial charge is 0.462 e. The second-order valence-electron chi connectivity index (χ2n) is 4.06. The van der Waals surface area contributed by atoms with Gasteiger partial charge in [-0.25, -0.2) is 0 Å². The molecule has 0 saturated carbocycles. The molecule has 1 aromatic rings. The number of carbonyl (C=O) groups excluding carboxylic acids is 1. The molecule has 1 rings (SSSR count). The number of nitrogens with two attached hydrogens (primary N) is 1. The van der Waals surface area contributed by atoms with Gasteiger partial charge in [0.1, 0.15) is 6.04 Å². The third-order valence-corrected chi connectivity index (χ3v) is 2.37. The average Bonchev–Trinajstić information content (AvgIpc) is 2.27. The van der Waals surface area contributed by atoms with Crippen LogP contribution in [-0.2, 0) is 16.0 Å². The van der Waals surface area contributed by atoms with E-state index >= 15 is 0 Å². The molecule has 1 aromatic carbocycles. The van der Waals surface area contributed by atoms with Crippen molar-refractivity contribution in [3.63, 3.8) is 0 Å². The monoisotopic (exact) mass is 221 g/mol. The van der Waals surface area contributed by atoms with Gasteiger partial charge in [-0.15, -0.1) is 0 Å². The van der Waals surface area contributed by atoms with E-state index in [4.69, 9.17) is 10.5 Å². The summed E-state index contributed by atoms with van der Waals surface area (Å²) in [5.74, 6) is -0.333. The van der Waals surface area contributed by atoms with Gasteiger partial charge in [0.15, 0.2) is 0 Å². The maximum atomic E-state index is 11.2. The van der Waals surface area contributed by atoms with E-state index in [2.05, 4.69) is 12.1 Å². The fourth-order valence-electron chi connectivity index (χ4n) is 1.38. The van der Waals surface area contributed by atoms with Gasteiger partial charge in [-0.05, 0) is 32.3 Å². The number of hydrogen-bond donors (Lipinski definition) is 1. The number of benzene rings is 1. The molecule has 3 heteroatoms. The first-order chi connectivity index (χ1) is 7.59. The normalized spacial score (nSPS) is 14.2. The number of carbonyl (C=O) groups is 1. The highest BCUT2D eigenvalue weighted by Gasteiger charge is 2.13. The van der Waals surface area contributed by atoms with E-state index in [9.17, 15) is 4.79 Å². The van der Waals surface area contributed by atoms with E-state index in [0.717, 1.165) is 12.8 Å². The lowest BCUT2D eigenvalue weighted by Crippen LogP contribution is -2.31. The van der Waals surface area contributed by atoms with Crippen LogP contribution in [0.3, 0.4) is 0 Å². The number of hydrogen-bond acceptors (Lipinski definition) is 3. The Morgan fingerprint density at radius 2 is 1.94 bits per heavy atom. The standard InChI is InChI=1S/C13H19NO2/c1-10(16-13(15)11(2)14)8-9-12-6-4-3-5-7-12/h3-7,10-11H,8-9,14H2,1-2H3/t10?,11-/m0/s1. The Bertz CT molecular complexity index is 322. The maximum Gasteiger partial charge on any atom is 0.322 e. The van der Waals surface area contributed by atoms with Crippen LogP contribution in [0.15, 0.2) is 30.3 Å². The molecule has 88 valence electrons. The Morgan fingerprint density at radius 1 is 1.31 bits per heavy atom. The zero-order valence-corrected chi connectivity index (χ0v) is 9.85. The van der Waals surface area contributed by atoms with Gasteiger partial charge in [0.25, 0.3) is 0 Å². The summed E-state index contributed by atoms with van der Waals surface area (Å²) in [5.41, 5.74) is 6.67. The molecule has 0 aliphatic carbocycles. The third-order valence-electron chi connectivity index (χ3n) is 2.37. The Hall–Kier alpha value is -1.35. The van der Waals surface area contributed by atoms with E-state index in [1.165, 1.54) is 5.56 Å². The average molecular weight is 221 g/mol. The Balaban J connectivity index is 2.30. The zero-order valence-electron chi connectivity index (χ0n) is 9.85. The molecule has 3 nitrogen and oxygen atoms in total. The molecule has 0 aliphatic heterocycles. The van der Waals surface area contributed by atoms with Crippen molar-refractivity contribution in [3.8, 4) is 0 Å². The quantitative estimate of drug-likeness (QED) is 0.773. The predicted molar refractivity (Wildman–Crippen MR) is 64.0 cm³/mol. The molecule has 0 aliphatic rings. The van der Waals surface area contributed by atoms with Crippen molar-refractivity contribution in [1.82, 2.24) is 0 Å². The Labute approximate surface area is 96.6 Å². The number of ether oxygens (including phenoxy) is 1. The van der Waals surface area contributed by atoms with Crippen LogP contribution in [0, 0.1) is 0 Å². The van der Waals surface area contributed by atoms with Gasteiger partial charge in [-0.3, -0.25) is 4.79 Å². The van der Waals surface area contributed by atoms with E-state index in [0.29, 0.717) is 0 Å². The van der Waals surface area contributed by atoms with Crippen molar-refractivity contribution in [3.05, 3.63) is 35.9 Å². The second-order valence-corrected chi connectivity index (χ2v) is 4.06. The molecular weight excluding hydrogens is 202 g/mol. The molecule has 2 atom stereocenters. The maximum absolute atomic E-state index is 11.2. The molecule has 2 N–H and O–H groups in total. The van der Waals surface area contributed by atoms with Gasteiger partial charge in [0.2, 0.25) is 0 Å². The zero-order chi connectivity index (χ0) is 12.0. The molecule has 0 aromatic heterocycles. The van der Waals surface area contributed by atoms with Gasteiger partial charge in [0.05, 0.1) is 6.10 Å². The SMILES string of the molecule is CC(CCc1ccccc1)OC(=O)[C@H](C)N. The van der Waals surface area contributed by atoms with Crippen molar-refractivity contribution < 1.29 is 9.53 Å². The summed E-state index contributed by atoms with van der Waals surface area (Å²) in [6, 6.07) is 9.60. The number of rotatable bonds is 5. The summed E-state index contributed by atoms with van der Waals surface area (Å²) in [4.78, 5) is 11.2. The molecule has 16 heavy (non-hydrogen) atoms. The first kappa shape index (κ1) is 12.7. The van der Waals surface area contributed by atoms with Crippen LogP contribution in [0.1, 0.15) is 25.8 Å². The molecule has 1 unspecified atom stereocenters. The van der Waals surface area contributed by atoms with Gasteiger partial charge in [-0.1, -0.05) is 30.3 Å². The van der Waals surface area contributed by atoms with E-state index in [-0.39, 0.29) is 12.1 Å². The summed E-state index contributed by atoms with van der Waals surface area (Å²) >= 11 is 0. The first-order valence-corrected chi connectivity index (χ1v) is 5.59. The van der Waals surface area contributed by atoms with Crippen molar-refractivity contribution in [2.75, 3.05) is 0 Å². The minimum Gasteiger partial charge on any atom is -0.462 e. The van der Waals surface area contributed by atoms with E-state index in [1.54, 1.807) is 6.92 Å². The van der Waals surface area contributed by atoms with Crippen molar-refractivity contribution in [2.24, 2.45) is 5.73 Å². The van der Waals surface area contributed by atoms with Gasteiger partial charge in [0, 0.05) is 0 Å². The topological polar surface area (TPSA) is 52.3 Å².